The van der Waals surface area contributed by atoms with Crippen LogP contribution in [0.4, 0.5) is 10.1 Å². The number of para-hydroxylation sites is 1. The molecule has 3 aromatic carbocycles. The average Bonchev–Trinajstić information content (AvgIpc) is 2.90. The van der Waals surface area contributed by atoms with E-state index < -0.39 is 23.7 Å². The maximum absolute atomic E-state index is 14.3. The number of carbonyl (C=O) groups excluding carboxylic acids is 3. The number of Topliss-reactive ketones (excluding diaryl/α,β-unsaturated/α-hetero) is 1. The Morgan fingerprint density at radius 2 is 1.65 bits per heavy atom. The summed E-state index contributed by atoms with van der Waals surface area (Å²) in [5.41, 5.74) is 2.44. The molecule has 0 aliphatic carbocycles. The number of carbonyl (C=O) groups is 3. The van der Waals surface area contributed by atoms with Crippen LogP contribution in [0.1, 0.15) is 28.4 Å². The molecule has 1 N–H and O–H groups in total. The Hall–Kier alpha value is -4.04. The first-order valence-electron chi connectivity index (χ1n) is 12.2. The lowest BCUT2D eigenvalue weighted by Crippen LogP contribution is -2.43. The number of halogens is 1. The second-order valence-corrected chi connectivity index (χ2v) is 8.82. The Balaban J connectivity index is 1.56. The van der Waals surface area contributed by atoms with Crippen LogP contribution in [0.3, 0.4) is 0 Å². The highest BCUT2D eigenvalue weighted by atomic mass is 19.1. The molecule has 0 bridgehead atoms. The molecule has 37 heavy (non-hydrogen) atoms. The maximum Gasteiger partial charge on any atom is 0.308 e. The molecule has 192 valence electrons. The summed E-state index contributed by atoms with van der Waals surface area (Å²) in [6.45, 7) is 4.01. The Morgan fingerprint density at radius 1 is 0.973 bits per heavy atom. The molecule has 1 fully saturated rings. The summed E-state index contributed by atoms with van der Waals surface area (Å²) in [5, 5.41) is 2.74. The minimum absolute atomic E-state index is 0.0985. The van der Waals surface area contributed by atoms with Crippen molar-refractivity contribution < 1.29 is 28.2 Å². The molecule has 1 unspecified atom stereocenters. The zero-order valence-corrected chi connectivity index (χ0v) is 20.6. The van der Waals surface area contributed by atoms with Crippen molar-refractivity contribution in [2.45, 2.75) is 25.8 Å². The van der Waals surface area contributed by atoms with Gasteiger partial charge in [0.2, 0.25) is 0 Å². The quantitative estimate of drug-likeness (QED) is 0.353. The Labute approximate surface area is 215 Å². The fourth-order valence-electron chi connectivity index (χ4n) is 4.31. The van der Waals surface area contributed by atoms with Crippen molar-refractivity contribution in [1.29, 1.82) is 0 Å². The Kier molecular flexibility index (Phi) is 8.64. The van der Waals surface area contributed by atoms with Crippen molar-refractivity contribution in [3.8, 4) is 5.75 Å². The van der Waals surface area contributed by atoms with Gasteiger partial charge in [0.25, 0.3) is 5.91 Å². The van der Waals surface area contributed by atoms with E-state index in [1.165, 1.54) is 25.1 Å². The number of anilines is 1. The monoisotopic (exact) mass is 504 g/mol. The van der Waals surface area contributed by atoms with Crippen LogP contribution >= 0.6 is 0 Å². The van der Waals surface area contributed by atoms with Crippen molar-refractivity contribution in [3.05, 3.63) is 95.3 Å². The Morgan fingerprint density at radius 3 is 2.35 bits per heavy atom. The highest BCUT2D eigenvalue weighted by molar-refractivity contribution is 5.98. The first kappa shape index (κ1) is 26.0. The van der Waals surface area contributed by atoms with E-state index >= 15 is 0 Å². The SMILES string of the molecule is CC(=O)Oc1ccc(CC(NC(=O)c2ccccc2F)C(=O)Cc2ccccc2N2CCOCC2)cc1. The van der Waals surface area contributed by atoms with Crippen LogP contribution < -0.4 is 15.0 Å². The fourth-order valence-corrected chi connectivity index (χ4v) is 4.31. The maximum atomic E-state index is 14.3. The van der Waals surface area contributed by atoms with Crippen LogP contribution in [0, 0.1) is 5.82 Å². The molecule has 0 aromatic heterocycles. The fraction of sp³-hybridized carbons (Fsp3) is 0.276. The molecular formula is C29H29FN2O5. The van der Waals surface area contributed by atoms with Gasteiger partial charge in [-0.15, -0.1) is 0 Å². The van der Waals surface area contributed by atoms with E-state index in [9.17, 15) is 18.8 Å². The molecule has 8 heteroatoms. The Bertz CT molecular complexity index is 1260. The summed E-state index contributed by atoms with van der Waals surface area (Å²) < 4.78 is 24.8. The molecule has 0 saturated carbocycles. The van der Waals surface area contributed by atoms with E-state index in [0.717, 1.165) is 29.9 Å². The van der Waals surface area contributed by atoms with Crippen molar-refractivity contribution in [2.24, 2.45) is 0 Å². The molecule has 1 saturated heterocycles. The second-order valence-electron chi connectivity index (χ2n) is 8.82. The van der Waals surface area contributed by atoms with Gasteiger partial charge in [-0.25, -0.2) is 4.39 Å². The number of amides is 1. The summed E-state index contributed by atoms with van der Waals surface area (Å²) >= 11 is 0. The first-order valence-corrected chi connectivity index (χ1v) is 12.2. The third kappa shape index (κ3) is 7.01. The van der Waals surface area contributed by atoms with Crippen LogP contribution in [0.15, 0.2) is 72.8 Å². The molecule has 4 rings (SSSR count). The van der Waals surface area contributed by atoms with Crippen molar-refractivity contribution in [1.82, 2.24) is 5.32 Å². The van der Waals surface area contributed by atoms with Gasteiger partial charge in [0.15, 0.2) is 5.78 Å². The second kappa shape index (κ2) is 12.3. The van der Waals surface area contributed by atoms with E-state index in [2.05, 4.69) is 10.2 Å². The van der Waals surface area contributed by atoms with E-state index in [4.69, 9.17) is 9.47 Å². The van der Waals surface area contributed by atoms with E-state index in [0.29, 0.717) is 19.0 Å². The number of morpholine rings is 1. The number of nitrogens with one attached hydrogen (secondary N) is 1. The van der Waals surface area contributed by atoms with E-state index in [-0.39, 0.29) is 24.2 Å². The van der Waals surface area contributed by atoms with Crippen LogP contribution in [0.5, 0.6) is 5.75 Å². The van der Waals surface area contributed by atoms with Crippen LogP contribution in [-0.4, -0.2) is 50.0 Å². The number of ether oxygens (including phenoxy) is 2. The van der Waals surface area contributed by atoms with Crippen molar-refractivity contribution in [3.63, 3.8) is 0 Å². The molecule has 1 atom stereocenters. The normalized spacial score (nSPS) is 14.1. The summed E-state index contributed by atoms with van der Waals surface area (Å²) in [6, 6.07) is 19.2. The average molecular weight is 505 g/mol. The lowest BCUT2D eigenvalue weighted by Gasteiger charge is -2.30. The van der Waals surface area contributed by atoms with Crippen LogP contribution in [0.2, 0.25) is 0 Å². The predicted octanol–water partition coefficient (Wildman–Crippen LogP) is 3.74. The minimum Gasteiger partial charge on any atom is -0.427 e. The molecule has 1 amide bonds. The number of benzene rings is 3. The molecule has 1 aliphatic heterocycles. The third-order valence-corrected chi connectivity index (χ3v) is 6.15. The minimum atomic E-state index is -0.899. The summed E-state index contributed by atoms with van der Waals surface area (Å²) in [7, 11) is 0. The molecular weight excluding hydrogens is 475 g/mol. The molecule has 3 aromatic rings. The number of esters is 1. The largest absolute Gasteiger partial charge is 0.427 e. The van der Waals surface area contributed by atoms with E-state index in [1.807, 2.05) is 24.3 Å². The lowest BCUT2D eigenvalue weighted by atomic mass is 9.96. The smallest absolute Gasteiger partial charge is 0.308 e. The number of hydrogen-bond acceptors (Lipinski definition) is 6. The topological polar surface area (TPSA) is 84.9 Å². The van der Waals surface area contributed by atoms with Crippen LogP contribution in [-0.2, 0) is 27.2 Å². The van der Waals surface area contributed by atoms with Gasteiger partial charge in [-0.2, -0.15) is 0 Å². The van der Waals surface area contributed by atoms with Crippen LogP contribution in [0.25, 0.3) is 0 Å². The summed E-state index contributed by atoms with van der Waals surface area (Å²) in [4.78, 5) is 39.9. The number of ketones is 1. The molecule has 7 nitrogen and oxygen atoms in total. The van der Waals surface area contributed by atoms with Gasteiger partial charge in [-0.1, -0.05) is 42.5 Å². The lowest BCUT2D eigenvalue weighted by molar-refractivity contribution is -0.131. The number of hydrogen-bond donors (Lipinski definition) is 1. The highest BCUT2D eigenvalue weighted by Crippen LogP contribution is 2.23. The van der Waals surface area contributed by atoms with Gasteiger partial charge in [0.05, 0.1) is 24.8 Å². The summed E-state index contributed by atoms with van der Waals surface area (Å²) in [5.74, 6) is -1.57. The zero-order chi connectivity index (χ0) is 26.2. The standard InChI is InChI=1S/C29H29FN2O5/c1-20(33)37-23-12-10-21(11-13-23)18-26(31-29(35)24-7-3-4-8-25(24)30)28(34)19-22-6-2-5-9-27(22)32-14-16-36-17-15-32/h2-13,26H,14-19H2,1H3,(H,31,35). The number of rotatable bonds is 9. The zero-order valence-electron chi connectivity index (χ0n) is 20.6. The predicted molar refractivity (Wildman–Crippen MR) is 137 cm³/mol. The van der Waals surface area contributed by atoms with E-state index in [1.54, 1.807) is 30.3 Å². The molecule has 0 spiro atoms. The van der Waals surface area contributed by atoms with Gasteiger partial charge in [0, 0.05) is 32.1 Å². The van der Waals surface area contributed by atoms with Gasteiger partial charge in [-0.05, 0) is 47.9 Å². The first-order chi connectivity index (χ1) is 17.9. The van der Waals surface area contributed by atoms with Gasteiger partial charge in [0.1, 0.15) is 11.6 Å². The van der Waals surface area contributed by atoms with Gasteiger partial charge < -0.3 is 19.7 Å². The molecule has 0 radical (unpaired) electrons. The summed E-state index contributed by atoms with van der Waals surface area (Å²) in [6.07, 6.45) is 0.292. The van der Waals surface area contributed by atoms with Gasteiger partial charge >= 0.3 is 5.97 Å². The van der Waals surface area contributed by atoms with Crippen molar-refractivity contribution >= 4 is 23.3 Å². The highest BCUT2D eigenvalue weighted by Gasteiger charge is 2.25. The molecule has 1 aliphatic rings. The number of nitrogens with zero attached hydrogens (tertiary/aromatic N) is 1. The molecule has 1 heterocycles. The van der Waals surface area contributed by atoms with Crippen molar-refractivity contribution in [2.75, 3.05) is 31.2 Å². The van der Waals surface area contributed by atoms with Gasteiger partial charge in [-0.3, -0.25) is 14.4 Å². The third-order valence-electron chi connectivity index (χ3n) is 6.15.